The van der Waals surface area contributed by atoms with Gasteiger partial charge in [-0.15, -0.1) is 0 Å². The van der Waals surface area contributed by atoms with E-state index >= 15 is 0 Å². The molecule has 2 rings (SSSR count). The molecule has 0 aliphatic heterocycles. The Morgan fingerprint density at radius 2 is 1.92 bits per heavy atom. The summed E-state index contributed by atoms with van der Waals surface area (Å²) in [5, 5.41) is 15.6. The fourth-order valence-electron chi connectivity index (χ4n) is 2.07. The highest BCUT2D eigenvalue weighted by molar-refractivity contribution is 6.30. The second-order valence-corrected chi connectivity index (χ2v) is 5.88. The predicted molar refractivity (Wildman–Crippen MR) is 96.5 cm³/mol. The van der Waals surface area contributed by atoms with E-state index in [1.54, 1.807) is 12.1 Å². The number of hydrogen-bond donors (Lipinski definition) is 2. The van der Waals surface area contributed by atoms with Gasteiger partial charge in [-0.25, -0.2) is 0 Å². The molecule has 24 heavy (non-hydrogen) atoms. The molecule has 0 aliphatic carbocycles. The second-order valence-electron chi connectivity index (χ2n) is 5.44. The van der Waals surface area contributed by atoms with Crippen molar-refractivity contribution < 1.29 is 4.79 Å². The van der Waals surface area contributed by atoms with E-state index in [0.29, 0.717) is 11.6 Å². The summed E-state index contributed by atoms with van der Waals surface area (Å²) in [7, 11) is 0. The number of nitrogens with one attached hydrogen (secondary N) is 2. The first kappa shape index (κ1) is 17.6. The zero-order chi connectivity index (χ0) is 17.5. The number of nitriles is 1. The largest absolute Gasteiger partial charge is 0.360 e. The molecule has 0 spiro atoms. The quantitative estimate of drug-likeness (QED) is 0.637. The fourth-order valence-corrected chi connectivity index (χ4v) is 2.20. The van der Waals surface area contributed by atoms with Gasteiger partial charge in [-0.3, -0.25) is 4.79 Å². The van der Waals surface area contributed by atoms with Gasteiger partial charge in [0.1, 0.15) is 11.6 Å². The predicted octanol–water partition coefficient (Wildman–Crippen LogP) is 4.09. The van der Waals surface area contributed by atoms with Gasteiger partial charge in [0, 0.05) is 23.5 Å². The van der Waals surface area contributed by atoms with Crippen molar-refractivity contribution >= 4 is 23.2 Å². The van der Waals surface area contributed by atoms with E-state index in [-0.39, 0.29) is 5.57 Å². The van der Waals surface area contributed by atoms with Gasteiger partial charge in [0.2, 0.25) is 0 Å². The molecule has 1 amide bonds. The summed E-state index contributed by atoms with van der Waals surface area (Å²) in [6.07, 6.45) is 1.43. The van der Waals surface area contributed by atoms with Gasteiger partial charge in [0.05, 0.1) is 0 Å². The van der Waals surface area contributed by atoms with Crippen molar-refractivity contribution in [2.75, 3.05) is 5.32 Å². The summed E-state index contributed by atoms with van der Waals surface area (Å²) >= 11 is 5.82. The molecule has 0 saturated carbocycles. The van der Waals surface area contributed by atoms with Crippen LogP contribution in [0.4, 0.5) is 5.69 Å². The number of benzene rings is 2. The fraction of sp³-hybridized carbons (Fsp3) is 0.158. The van der Waals surface area contributed by atoms with Crippen LogP contribution in [0.1, 0.15) is 16.7 Å². The molecule has 0 bridgehead atoms. The number of aryl methyl sites for hydroxylation is 2. The Morgan fingerprint density at radius 3 is 2.58 bits per heavy atom. The monoisotopic (exact) mass is 339 g/mol. The van der Waals surface area contributed by atoms with E-state index < -0.39 is 5.91 Å². The minimum Gasteiger partial charge on any atom is -0.360 e. The Bertz CT molecular complexity index is 804. The molecule has 0 aromatic heterocycles. The molecule has 4 nitrogen and oxygen atoms in total. The topological polar surface area (TPSA) is 64.9 Å². The van der Waals surface area contributed by atoms with Crippen LogP contribution < -0.4 is 10.6 Å². The van der Waals surface area contributed by atoms with Crippen molar-refractivity contribution in [2.24, 2.45) is 0 Å². The molecule has 0 atom stereocenters. The number of nitrogens with zero attached hydrogens (tertiary/aromatic N) is 1. The molecule has 0 unspecified atom stereocenters. The maximum absolute atomic E-state index is 12.1. The molecule has 0 fully saturated rings. The average Bonchev–Trinajstić information content (AvgIpc) is 2.58. The van der Waals surface area contributed by atoms with Gasteiger partial charge in [0.15, 0.2) is 0 Å². The van der Waals surface area contributed by atoms with Crippen LogP contribution in [-0.4, -0.2) is 5.91 Å². The van der Waals surface area contributed by atoms with Crippen LogP contribution in [0, 0.1) is 25.2 Å². The highest BCUT2D eigenvalue weighted by Crippen LogP contribution is 2.16. The van der Waals surface area contributed by atoms with Crippen LogP contribution in [-0.2, 0) is 11.3 Å². The molecular formula is C19H18ClN3O. The van der Waals surface area contributed by atoms with Crippen LogP contribution in [0.25, 0.3) is 0 Å². The van der Waals surface area contributed by atoms with E-state index in [0.717, 1.165) is 22.4 Å². The number of halogens is 1. The third kappa shape index (κ3) is 4.87. The van der Waals surface area contributed by atoms with Gasteiger partial charge in [0.25, 0.3) is 5.91 Å². The second kappa shape index (κ2) is 8.19. The third-order valence-corrected chi connectivity index (χ3v) is 3.75. The molecule has 0 heterocycles. The summed E-state index contributed by atoms with van der Waals surface area (Å²) in [5.41, 5.74) is 3.93. The standard InChI is InChI=1S/C19H18ClN3O/c1-13-3-4-14(2)18(9-13)22-12-16(10-21)19(24)23-11-15-5-7-17(20)8-6-15/h3-9,12,22H,11H2,1-2H3,(H,23,24)/b16-12-. The molecule has 2 N–H and O–H groups in total. The molecule has 0 aliphatic rings. The Labute approximate surface area is 146 Å². The highest BCUT2D eigenvalue weighted by Gasteiger charge is 2.08. The van der Waals surface area contributed by atoms with Gasteiger partial charge in [-0.2, -0.15) is 5.26 Å². The van der Waals surface area contributed by atoms with Crippen molar-refractivity contribution in [3.63, 3.8) is 0 Å². The summed E-state index contributed by atoms with van der Waals surface area (Å²) < 4.78 is 0. The Balaban J connectivity index is 2.01. The number of carbonyl (C=O) groups excluding carboxylic acids is 1. The van der Waals surface area contributed by atoms with Gasteiger partial charge < -0.3 is 10.6 Å². The van der Waals surface area contributed by atoms with Crippen molar-refractivity contribution in [3.8, 4) is 6.07 Å². The SMILES string of the molecule is Cc1ccc(C)c(N/C=C(/C#N)C(=O)NCc2ccc(Cl)cc2)c1. The third-order valence-electron chi connectivity index (χ3n) is 3.50. The number of hydrogen-bond acceptors (Lipinski definition) is 3. The lowest BCUT2D eigenvalue weighted by atomic mass is 10.1. The van der Waals surface area contributed by atoms with Crippen LogP contribution in [0.2, 0.25) is 5.02 Å². The lowest BCUT2D eigenvalue weighted by Gasteiger charge is -2.08. The number of amides is 1. The average molecular weight is 340 g/mol. The first-order chi connectivity index (χ1) is 11.5. The molecule has 0 saturated heterocycles. The zero-order valence-corrected chi connectivity index (χ0v) is 14.3. The Morgan fingerprint density at radius 1 is 1.21 bits per heavy atom. The summed E-state index contributed by atoms with van der Waals surface area (Å²) in [6.45, 7) is 4.28. The molecule has 122 valence electrons. The summed E-state index contributed by atoms with van der Waals surface area (Å²) in [5.74, 6) is -0.426. The minimum absolute atomic E-state index is 0.0184. The van der Waals surface area contributed by atoms with E-state index in [9.17, 15) is 10.1 Å². The summed E-state index contributed by atoms with van der Waals surface area (Å²) in [4.78, 5) is 12.1. The lowest BCUT2D eigenvalue weighted by molar-refractivity contribution is -0.117. The van der Waals surface area contributed by atoms with Gasteiger partial charge >= 0.3 is 0 Å². The van der Waals surface area contributed by atoms with Gasteiger partial charge in [-0.1, -0.05) is 35.9 Å². The van der Waals surface area contributed by atoms with Crippen molar-refractivity contribution in [2.45, 2.75) is 20.4 Å². The van der Waals surface area contributed by atoms with E-state index in [1.807, 2.05) is 50.2 Å². The van der Waals surface area contributed by atoms with Crippen LogP contribution >= 0.6 is 11.6 Å². The van der Waals surface area contributed by atoms with Crippen LogP contribution in [0.5, 0.6) is 0 Å². The molecule has 2 aromatic rings. The Kier molecular flexibility index (Phi) is 6.00. The first-order valence-electron chi connectivity index (χ1n) is 7.46. The smallest absolute Gasteiger partial charge is 0.263 e. The normalized spacial score (nSPS) is 10.8. The minimum atomic E-state index is -0.426. The van der Waals surface area contributed by atoms with E-state index in [1.165, 1.54) is 6.20 Å². The number of carbonyl (C=O) groups is 1. The van der Waals surface area contributed by atoms with Crippen LogP contribution in [0.15, 0.2) is 54.2 Å². The van der Waals surface area contributed by atoms with Crippen molar-refractivity contribution in [1.82, 2.24) is 5.32 Å². The van der Waals surface area contributed by atoms with Gasteiger partial charge in [-0.05, 0) is 48.7 Å². The molecule has 2 aromatic carbocycles. The number of rotatable bonds is 5. The van der Waals surface area contributed by atoms with E-state index in [2.05, 4.69) is 10.6 Å². The van der Waals surface area contributed by atoms with Crippen molar-refractivity contribution in [1.29, 1.82) is 5.26 Å². The lowest BCUT2D eigenvalue weighted by Crippen LogP contribution is -2.24. The highest BCUT2D eigenvalue weighted by atomic mass is 35.5. The van der Waals surface area contributed by atoms with Crippen LogP contribution in [0.3, 0.4) is 0 Å². The molecular weight excluding hydrogens is 322 g/mol. The molecule has 5 heteroatoms. The summed E-state index contributed by atoms with van der Waals surface area (Å²) in [6, 6.07) is 15.0. The first-order valence-corrected chi connectivity index (χ1v) is 7.84. The Hall–Kier alpha value is -2.77. The molecule has 0 radical (unpaired) electrons. The van der Waals surface area contributed by atoms with E-state index in [4.69, 9.17) is 11.6 Å². The van der Waals surface area contributed by atoms with Crippen molar-refractivity contribution in [3.05, 3.63) is 76.0 Å². The maximum atomic E-state index is 12.1. The zero-order valence-electron chi connectivity index (χ0n) is 13.6. The maximum Gasteiger partial charge on any atom is 0.263 e. The number of anilines is 1.